The van der Waals surface area contributed by atoms with Crippen LogP contribution in [0, 0.1) is 0 Å². The Labute approximate surface area is 174 Å². The van der Waals surface area contributed by atoms with E-state index < -0.39 is 5.97 Å². The maximum Gasteiger partial charge on any atom is 0.341 e. The Hall–Kier alpha value is -1.89. The summed E-state index contributed by atoms with van der Waals surface area (Å²) in [7, 11) is 0. The van der Waals surface area contributed by atoms with E-state index in [1.165, 1.54) is 22.7 Å². The first-order valence-electron chi connectivity index (χ1n) is 9.68. The van der Waals surface area contributed by atoms with Gasteiger partial charge in [-0.25, -0.2) is 4.79 Å². The van der Waals surface area contributed by atoms with Gasteiger partial charge >= 0.3 is 5.97 Å². The lowest BCUT2D eigenvalue weighted by molar-refractivity contribution is -0.920. The number of carbonyl (C=O) groups excluding carboxylic acids is 2. The van der Waals surface area contributed by atoms with Gasteiger partial charge in [-0.3, -0.25) is 4.79 Å². The standard InChI is InChI=1S/C21H25ClN2O3S/c1-3-27-21(26)19-17(15-7-9-16(22)10-8-15)13-28-20(19)23-18(25)12-24-11-5-4-6-14(24)2/h7-10,13-14H,3-6,11-12H2,1-2H3,(H,23,25)/p+1/t14-/m1/s1. The first-order valence-corrected chi connectivity index (χ1v) is 10.9. The molecular formula is C21H26ClN2O3S+. The summed E-state index contributed by atoms with van der Waals surface area (Å²) in [4.78, 5) is 26.6. The van der Waals surface area contributed by atoms with Gasteiger partial charge in [0.25, 0.3) is 5.91 Å². The Morgan fingerprint density at radius 1 is 1.29 bits per heavy atom. The van der Waals surface area contributed by atoms with Gasteiger partial charge in [0.05, 0.1) is 19.2 Å². The van der Waals surface area contributed by atoms with E-state index in [4.69, 9.17) is 16.3 Å². The molecule has 1 amide bonds. The van der Waals surface area contributed by atoms with Crippen LogP contribution in [0.3, 0.4) is 0 Å². The number of rotatable bonds is 6. The van der Waals surface area contributed by atoms with Crippen molar-refractivity contribution in [2.75, 3.05) is 25.0 Å². The van der Waals surface area contributed by atoms with Crippen LogP contribution in [0.2, 0.25) is 5.02 Å². The zero-order chi connectivity index (χ0) is 20.1. The largest absolute Gasteiger partial charge is 0.462 e. The Kier molecular flexibility index (Phi) is 7.10. The third-order valence-corrected chi connectivity index (χ3v) is 6.30. The molecule has 1 aromatic carbocycles. The quantitative estimate of drug-likeness (QED) is 0.700. The van der Waals surface area contributed by atoms with Gasteiger partial charge in [0.1, 0.15) is 10.6 Å². The second-order valence-corrected chi connectivity index (χ2v) is 8.43. The van der Waals surface area contributed by atoms with Gasteiger partial charge in [0, 0.05) is 16.0 Å². The van der Waals surface area contributed by atoms with Crippen molar-refractivity contribution in [3.8, 4) is 11.1 Å². The van der Waals surface area contributed by atoms with Crippen LogP contribution in [0.15, 0.2) is 29.6 Å². The van der Waals surface area contributed by atoms with Gasteiger partial charge in [0.2, 0.25) is 0 Å². The fourth-order valence-electron chi connectivity index (χ4n) is 3.59. The van der Waals surface area contributed by atoms with Crippen molar-refractivity contribution in [3.05, 3.63) is 40.2 Å². The summed E-state index contributed by atoms with van der Waals surface area (Å²) in [5.41, 5.74) is 2.01. The molecule has 3 rings (SSSR count). The molecule has 1 aliphatic heterocycles. The Morgan fingerprint density at radius 3 is 2.71 bits per heavy atom. The maximum absolute atomic E-state index is 12.7. The fourth-order valence-corrected chi connectivity index (χ4v) is 4.69. The Bertz CT molecular complexity index is 835. The summed E-state index contributed by atoms with van der Waals surface area (Å²) >= 11 is 7.33. The number of quaternary nitrogens is 1. The van der Waals surface area contributed by atoms with Crippen molar-refractivity contribution in [2.24, 2.45) is 0 Å². The molecule has 1 saturated heterocycles. The summed E-state index contributed by atoms with van der Waals surface area (Å²) in [5.74, 6) is -0.499. The van der Waals surface area contributed by atoms with Gasteiger partial charge in [-0.05, 0) is 50.8 Å². The molecule has 1 aliphatic rings. The average Bonchev–Trinajstić information content (AvgIpc) is 3.08. The maximum atomic E-state index is 12.7. The van der Waals surface area contributed by atoms with E-state index in [0.717, 1.165) is 30.5 Å². The van der Waals surface area contributed by atoms with Gasteiger partial charge in [0.15, 0.2) is 6.54 Å². The van der Waals surface area contributed by atoms with Crippen LogP contribution in [0.4, 0.5) is 5.00 Å². The van der Waals surface area contributed by atoms with Gasteiger partial charge in [-0.2, -0.15) is 0 Å². The molecule has 0 bridgehead atoms. The molecule has 0 spiro atoms. The molecule has 2 aromatic rings. The number of hydrogen-bond donors (Lipinski definition) is 2. The monoisotopic (exact) mass is 421 g/mol. The number of halogens is 1. The average molecular weight is 422 g/mol. The summed E-state index contributed by atoms with van der Waals surface area (Å²) in [5, 5.41) is 6.00. The van der Waals surface area contributed by atoms with E-state index in [1.807, 2.05) is 17.5 Å². The van der Waals surface area contributed by atoms with Crippen molar-refractivity contribution in [2.45, 2.75) is 39.2 Å². The lowest BCUT2D eigenvalue weighted by Crippen LogP contribution is -3.17. The Balaban J connectivity index is 1.82. The van der Waals surface area contributed by atoms with E-state index in [0.29, 0.717) is 28.2 Å². The summed E-state index contributed by atoms with van der Waals surface area (Å²) in [6.07, 6.45) is 3.53. The lowest BCUT2D eigenvalue weighted by atomic mass is 10.0. The smallest absolute Gasteiger partial charge is 0.341 e. The zero-order valence-corrected chi connectivity index (χ0v) is 17.8. The lowest BCUT2D eigenvalue weighted by Gasteiger charge is -2.29. The zero-order valence-electron chi connectivity index (χ0n) is 16.2. The molecular weight excluding hydrogens is 396 g/mol. The van der Waals surface area contributed by atoms with E-state index in [1.54, 1.807) is 19.1 Å². The number of hydrogen-bond acceptors (Lipinski definition) is 4. The van der Waals surface area contributed by atoms with Crippen LogP contribution in [-0.4, -0.2) is 37.6 Å². The minimum absolute atomic E-state index is 0.0706. The second-order valence-electron chi connectivity index (χ2n) is 7.11. The highest BCUT2D eigenvalue weighted by molar-refractivity contribution is 7.15. The van der Waals surface area contributed by atoms with Crippen molar-refractivity contribution in [1.29, 1.82) is 0 Å². The number of benzene rings is 1. The molecule has 5 nitrogen and oxygen atoms in total. The minimum Gasteiger partial charge on any atom is -0.462 e. The van der Waals surface area contributed by atoms with Gasteiger partial charge in [-0.15, -0.1) is 11.3 Å². The molecule has 2 N–H and O–H groups in total. The van der Waals surface area contributed by atoms with Gasteiger partial charge in [-0.1, -0.05) is 23.7 Å². The number of thiophene rings is 1. The number of carbonyl (C=O) groups is 2. The van der Waals surface area contributed by atoms with Crippen LogP contribution in [0.5, 0.6) is 0 Å². The number of likely N-dealkylation sites (tertiary alicyclic amines) is 1. The minimum atomic E-state index is -0.428. The normalized spacial score (nSPS) is 19.2. The molecule has 1 unspecified atom stereocenters. The van der Waals surface area contributed by atoms with E-state index in [-0.39, 0.29) is 12.5 Å². The van der Waals surface area contributed by atoms with Crippen molar-refractivity contribution in [1.82, 2.24) is 0 Å². The summed E-state index contributed by atoms with van der Waals surface area (Å²) < 4.78 is 5.25. The van der Waals surface area contributed by atoms with Crippen LogP contribution in [0.25, 0.3) is 11.1 Å². The van der Waals surface area contributed by atoms with Crippen molar-refractivity contribution >= 4 is 39.8 Å². The second kappa shape index (κ2) is 9.54. The first-order chi connectivity index (χ1) is 13.5. The molecule has 0 saturated carbocycles. The number of ether oxygens (including phenoxy) is 1. The van der Waals surface area contributed by atoms with Crippen LogP contribution >= 0.6 is 22.9 Å². The third kappa shape index (κ3) is 4.93. The molecule has 150 valence electrons. The molecule has 1 fully saturated rings. The van der Waals surface area contributed by atoms with Crippen LogP contribution in [-0.2, 0) is 9.53 Å². The molecule has 2 heterocycles. The highest BCUT2D eigenvalue weighted by Gasteiger charge is 2.27. The topological polar surface area (TPSA) is 59.8 Å². The molecule has 0 radical (unpaired) electrons. The highest BCUT2D eigenvalue weighted by Crippen LogP contribution is 2.36. The van der Waals surface area contributed by atoms with Crippen molar-refractivity contribution in [3.63, 3.8) is 0 Å². The summed E-state index contributed by atoms with van der Waals surface area (Å²) in [6.45, 7) is 5.66. The third-order valence-electron chi connectivity index (χ3n) is 5.15. The van der Waals surface area contributed by atoms with Gasteiger partial charge < -0.3 is 15.0 Å². The van der Waals surface area contributed by atoms with Crippen LogP contribution < -0.4 is 10.2 Å². The predicted molar refractivity (Wildman–Crippen MR) is 113 cm³/mol. The molecule has 2 atom stereocenters. The fraction of sp³-hybridized carbons (Fsp3) is 0.429. The molecule has 28 heavy (non-hydrogen) atoms. The number of amides is 1. The van der Waals surface area contributed by atoms with E-state index in [9.17, 15) is 9.59 Å². The van der Waals surface area contributed by atoms with Crippen LogP contribution in [0.1, 0.15) is 43.5 Å². The SMILES string of the molecule is CCOC(=O)c1c(-c2ccc(Cl)cc2)csc1NC(=O)C[NH+]1CCCC[C@H]1C. The van der Waals surface area contributed by atoms with E-state index in [2.05, 4.69) is 12.2 Å². The first kappa shape index (κ1) is 20.8. The predicted octanol–water partition coefficient (Wildman–Crippen LogP) is 3.64. The molecule has 7 heteroatoms. The number of esters is 1. The number of piperidine rings is 1. The van der Waals surface area contributed by atoms with E-state index >= 15 is 0 Å². The summed E-state index contributed by atoms with van der Waals surface area (Å²) in [6, 6.07) is 7.76. The van der Waals surface area contributed by atoms with Crippen molar-refractivity contribution < 1.29 is 19.2 Å². The molecule has 0 aliphatic carbocycles. The molecule has 1 aromatic heterocycles. The highest BCUT2D eigenvalue weighted by atomic mass is 35.5. The Morgan fingerprint density at radius 2 is 2.04 bits per heavy atom. The number of anilines is 1. The number of nitrogens with one attached hydrogen (secondary N) is 2.